The standard InChI is InChI=1S/C29H27BrN6O2S/c1-5-35-15-22(26(38)21-12-9-19(4)31-27(21)35)28-33-34-29(36(28)24-13-8-18(3)14-23(24)30)39-16-25(37)32-20-10-6-17(2)7-11-20/h6-15H,5,16H2,1-4H3,(H,32,37). The lowest BCUT2D eigenvalue weighted by atomic mass is 10.1. The van der Waals surface area contributed by atoms with Gasteiger partial charge in [0.25, 0.3) is 0 Å². The molecule has 0 fully saturated rings. The van der Waals surface area contributed by atoms with Crippen molar-refractivity contribution >= 4 is 50.3 Å². The first-order chi connectivity index (χ1) is 18.7. The predicted octanol–water partition coefficient (Wildman–Crippen LogP) is 6.08. The van der Waals surface area contributed by atoms with E-state index >= 15 is 0 Å². The third-order valence-electron chi connectivity index (χ3n) is 6.29. The molecule has 39 heavy (non-hydrogen) atoms. The van der Waals surface area contributed by atoms with Crippen LogP contribution in [0.15, 0.2) is 75.2 Å². The summed E-state index contributed by atoms with van der Waals surface area (Å²) < 4.78 is 4.60. The maximum absolute atomic E-state index is 13.7. The van der Waals surface area contributed by atoms with E-state index in [9.17, 15) is 9.59 Å². The molecule has 0 radical (unpaired) electrons. The summed E-state index contributed by atoms with van der Waals surface area (Å²) in [5.74, 6) is 0.356. The summed E-state index contributed by atoms with van der Waals surface area (Å²) in [5, 5.41) is 12.8. The normalized spacial score (nSPS) is 11.2. The molecule has 3 heterocycles. The molecular formula is C29H27BrN6O2S. The summed E-state index contributed by atoms with van der Waals surface area (Å²) in [7, 11) is 0. The van der Waals surface area contributed by atoms with Crippen LogP contribution in [0.25, 0.3) is 28.1 Å². The van der Waals surface area contributed by atoms with Crippen LogP contribution in [0.4, 0.5) is 5.69 Å². The largest absolute Gasteiger partial charge is 0.332 e. The average Bonchev–Trinajstić information content (AvgIpc) is 3.32. The summed E-state index contributed by atoms with van der Waals surface area (Å²) >= 11 is 4.93. The molecule has 0 spiro atoms. The van der Waals surface area contributed by atoms with Crippen molar-refractivity contribution in [2.75, 3.05) is 11.1 Å². The highest BCUT2D eigenvalue weighted by Crippen LogP contribution is 2.32. The molecule has 3 aromatic heterocycles. The van der Waals surface area contributed by atoms with E-state index in [1.54, 1.807) is 6.20 Å². The van der Waals surface area contributed by atoms with Gasteiger partial charge in [0.2, 0.25) is 11.3 Å². The van der Waals surface area contributed by atoms with Gasteiger partial charge in [0.15, 0.2) is 11.0 Å². The van der Waals surface area contributed by atoms with E-state index < -0.39 is 0 Å². The Hall–Kier alpha value is -3.76. The Morgan fingerprint density at radius 2 is 1.74 bits per heavy atom. The molecule has 0 atom stereocenters. The number of nitrogens with zero attached hydrogens (tertiary/aromatic N) is 5. The molecule has 5 aromatic rings. The van der Waals surface area contributed by atoms with E-state index in [-0.39, 0.29) is 17.1 Å². The molecule has 0 saturated heterocycles. The molecule has 1 amide bonds. The third kappa shape index (κ3) is 5.53. The molecule has 2 aromatic carbocycles. The van der Waals surface area contributed by atoms with Crippen molar-refractivity contribution in [3.63, 3.8) is 0 Å². The fourth-order valence-electron chi connectivity index (χ4n) is 4.27. The van der Waals surface area contributed by atoms with E-state index in [0.717, 1.165) is 32.7 Å². The second-order valence-electron chi connectivity index (χ2n) is 9.28. The number of pyridine rings is 2. The van der Waals surface area contributed by atoms with E-state index in [1.165, 1.54) is 11.8 Å². The van der Waals surface area contributed by atoms with Gasteiger partial charge in [0, 0.05) is 28.6 Å². The Bertz CT molecular complexity index is 1760. The maximum atomic E-state index is 13.7. The van der Waals surface area contributed by atoms with Gasteiger partial charge >= 0.3 is 0 Å². The second kappa shape index (κ2) is 11.2. The summed E-state index contributed by atoms with van der Waals surface area (Å²) in [4.78, 5) is 31.1. The number of benzene rings is 2. The topological polar surface area (TPSA) is 94.7 Å². The van der Waals surface area contributed by atoms with Crippen molar-refractivity contribution in [2.24, 2.45) is 0 Å². The number of thioether (sulfide) groups is 1. The number of amides is 1. The minimum Gasteiger partial charge on any atom is -0.332 e. The first-order valence-electron chi connectivity index (χ1n) is 12.5. The van der Waals surface area contributed by atoms with E-state index in [4.69, 9.17) is 0 Å². The number of aromatic nitrogens is 5. The minimum atomic E-state index is -0.173. The van der Waals surface area contributed by atoms with Gasteiger partial charge in [-0.1, -0.05) is 35.5 Å². The van der Waals surface area contributed by atoms with Crippen molar-refractivity contribution in [3.05, 3.63) is 92.3 Å². The maximum Gasteiger partial charge on any atom is 0.234 e. The zero-order valence-electron chi connectivity index (χ0n) is 22.0. The lowest BCUT2D eigenvalue weighted by molar-refractivity contribution is -0.113. The van der Waals surface area contributed by atoms with Gasteiger partial charge in [-0.3, -0.25) is 14.2 Å². The quantitative estimate of drug-likeness (QED) is 0.227. The monoisotopic (exact) mass is 602 g/mol. The average molecular weight is 604 g/mol. The Morgan fingerprint density at radius 1 is 1.00 bits per heavy atom. The Morgan fingerprint density at radius 3 is 2.46 bits per heavy atom. The van der Waals surface area contributed by atoms with Gasteiger partial charge < -0.3 is 9.88 Å². The number of carbonyl (C=O) groups excluding carboxylic acids is 1. The fraction of sp³-hybridized carbons (Fsp3) is 0.207. The zero-order valence-corrected chi connectivity index (χ0v) is 24.4. The predicted molar refractivity (Wildman–Crippen MR) is 160 cm³/mol. The molecule has 198 valence electrons. The molecule has 0 saturated carbocycles. The molecule has 10 heteroatoms. The van der Waals surface area contributed by atoms with Crippen LogP contribution in [0, 0.1) is 20.8 Å². The highest BCUT2D eigenvalue weighted by atomic mass is 79.9. The Labute approximate surface area is 238 Å². The van der Waals surface area contributed by atoms with Crippen molar-refractivity contribution in [3.8, 4) is 17.1 Å². The number of anilines is 1. The lowest BCUT2D eigenvalue weighted by Crippen LogP contribution is -2.16. The van der Waals surface area contributed by atoms with Crippen LogP contribution >= 0.6 is 27.7 Å². The molecule has 0 aliphatic heterocycles. The Kier molecular flexibility index (Phi) is 7.67. The Balaban J connectivity index is 1.58. The smallest absolute Gasteiger partial charge is 0.234 e. The molecule has 1 N–H and O–H groups in total. The van der Waals surface area contributed by atoms with Crippen LogP contribution in [-0.4, -0.2) is 36.0 Å². The van der Waals surface area contributed by atoms with Gasteiger partial charge in [-0.2, -0.15) is 0 Å². The minimum absolute atomic E-state index is 0.121. The SMILES string of the molecule is CCn1cc(-c2nnc(SCC(=O)Nc3ccc(C)cc3)n2-c2ccc(C)cc2Br)c(=O)c2ccc(C)nc21. The number of halogens is 1. The molecule has 0 aliphatic rings. The molecule has 0 bridgehead atoms. The first-order valence-corrected chi connectivity index (χ1v) is 14.3. The van der Waals surface area contributed by atoms with Crippen LogP contribution in [0.2, 0.25) is 0 Å². The van der Waals surface area contributed by atoms with Gasteiger partial charge in [0.05, 0.1) is 22.4 Å². The van der Waals surface area contributed by atoms with E-state index in [2.05, 4.69) is 36.4 Å². The summed E-state index contributed by atoms with van der Waals surface area (Å²) in [6.07, 6.45) is 1.79. The van der Waals surface area contributed by atoms with Crippen LogP contribution < -0.4 is 10.7 Å². The third-order valence-corrected chi connectivity index (χ3v) is 7.85. The number of carbonyl (C=O) groups is 1. The second-order valence-corrected chi connectivity index (χ2v) is 11.1. The number of hydrogen-bond donors (Lipinski definition) is 1. The molecule has 0 aliphatic carbocycles. The van der Waals surface area contributed by atoms with Crippen molar-refractivity contribution in [1.29, 1.82) is 0 Å². The van der Waals surface area contributed by atoms with Crippen molar-refractivity contribution in [2.45, 2.75) is 39.4 Å². The van der Waals surface area contributed by atoms with Gasteiger partial charge in [-0.25, -0.2) is 4.98 Å². The van der Waals surface area contributed by atoms with Crippen LogP contribution in [-0.2, 0) is 11.3 Å². The number of aryl methyl sites for hydroxylation is 4. The molecule has 0 unspecified atom stereocenters. The van der Waals surface area contributed by atoms with Gasteiger partial charge in [0.1, 0.15) is 5.65 Å². The van der Waals surface area contributed by atoms with Crippen LogP contribution in [0.3, 0.4) is 0 Å². The number of hydrogen-bond acceptors (Lipinski definition) is 6. The zero-order chi connectivity index (χ0) is 27.7. The van der Waals surface area contributed by atoms with Gasteiger partial charge in [-0.05, 0) is 85.6 Å². The summed E-state index contributed by atoms with van der Waals surface area (Å²) in [6, 6.07) is 17.2. The number of nitrogens with one attached hydrogen (secondary N) is 1. The van der Waals surface area contributed by atoms with E-state index in [1.807, 2.05) is 91.4 Å². The van der Waals surface area contributed by atoms with E-state index in [0.29, 0.717) is 34.1 Å². The van der Waals surface area contributed by atoms with Crippen molar-refractivity contribution in [1.82, 2.24) is 24.3 Å². The highest BCUT2D eigenvalue weighted by Gasteiger charge is 2.23. The van der Waals surface area contributed by atoms with Gasteiger partial charge in [-0.15, -0.1) is 10.2 Å². The summed E-state index contributed by atoms with van der Waals surface area (Å²) in [5.41, 5.74) is 5.41. The van der Waals surface area contributed by atoms with Crippen LogP contribution in [0.5, 0.6) is 0 Å². The first kappa shape index (κ1) is 26.8. The van der Waals surface area contributed by atoms with Crippen LogP contribution in [0.1, 0.15) is 23.7 Å². The molecule has 8 nitrogen and oxygen atoms in total. The molecule has 5 rings (SSSR count). The lowest BCUT2D eigenvalue weighted by Gasteiger charge is -2.15. The summed E-state index contributed by atoms with van der Waals surface area (Å²) in [6.45, 7) is 8.54. The fourth-order valence-corrected chi connectivity index (χ4v) is 5.69. The number of fused-ring (bicyclic) bond motifs is 1. The number of rotatable bonds is 7. The highest BCUT2D eigenvalue weighted by molar-refractivity contribution is 9.10. The van der Waals surface area contributed by atoms with Crippen molar-refractivity contribution < 1.29 is 4.79 Å². The molecular weight excluding hydrogens is 576 g/mol.